The molecule has 10 heteroatoms. The summed E-state index contributed by atoms with van der Waals surface area (Å²) in [5.41, 5.74) is 4.71. The minimum absolute atomic E-state index is 0.162. The number of hydrogen-bond donors (Lipinski definition) is 3. The smallest absolute Gasteiger partial charge is 0.336 e. The van der Waals surface area contributed by atoms with Crippen molar-refractivity contribution in [2.75, 3.05) is 13.2 Å². The zero-order valence-electron chi connectivity index (χ0n) is 18.6. The number of nitrogens with one attached hydrogen (secondary N) is 2. The number of amides is 1. The highest BCUT2D eigenvalue weighted by Crippen LogP contribution is 2.23. The van der Waals surface area contributed by atoms with Gasteiger partial charge in [0.15, 0.2) is 6.10 Å². The molecular formula is C24H26ClN3O6. The van der Waals surface area contributed by atoms with Crippen molar-refractivity contribution in [3.63, 3.8) is 0 Å². The van der Waals surface area contributed by atoms with E-state index >= 15 is 0 Å². The Morgan fingerprint density at radius 3 is 2.59 bits per heavy atom. The van der Waals surface area contributed by atoms with Gasteiger partial charge in [0.1, 0.15) is 0 Å². The maximum absolute atomic E-state index is 12.5. The third kappa shape index (κ3) is 7.31. The molecule has 0 fully saturated rings. The first kappa shape index (κ1) is 25.2. The summed E-state index contributed by atoms with van der Waals surface area (Å²) in [5, 5.41) is 14.3. The predicted molar refractivity (Wildman–Crippen MR) is 126 cm³/mol. The van der Waals surface area contributed by atoms with Crippen molar-refractivity contribution in [3.05, 3.63) is 81.3 Å². The lowest BCUT2D eigenvalue weighted by atomic mass is 10.0. The first-order valence-corrected chi connectivity index (χ1v) is 11.2. The van der Waals surface area contributed by atoms with Crippen LogP contribution in [0.5, 0.6) is 0 Å². The van der Waals surface area contributed by atoms with Crippen molar-refractivity contribution in [2.24, 2.45) is 0 Å². The number of unbranched alkanes of at least 4 members (excludes halogenated alkanes) is 1. The quantitative estimate of drug-likeness (QED) is 0.215. The molecule has 1 atom stereocenters. The molecule has 3 N–H and O–H groups in total. The van der Waals surface area contributed by atoms with E-state index in [1.807, 2.05) is 54.5 Å². The van der Waals surface area contributed by atoms with Crippen molar-refractivity contribution in [1.82, 2.24) is 15.6 Å². The van der Waals surface area contributed by atoms with E-state index in [1.54, 1.807) is 6.07 Å². The Labute approximate surface area is 201 Å². The summed E-state index contributed by atoms with van der Waals surface area (Å²) in [6, 6.07) is 16.0. The summed E-state index contributed by atoms with van der Waals surface area (Å²) >= 11 is 6.07. The van der Waals surface area contributed by atoms with Gasteiger partial charge in [0.25, 0.3) is 5.56 Å². The fourth-order valence-corrected chi connectivity index (χ4v) is 3.32. The molecule has 0 aliphatic rings. The monoisotopic (exact) mass is 487 g/mol. The number of aromatic amines is 1. The van der Waals surface area contributed by atoms with Crippen molar-refractivity contribution < 1.29 is 24.0 Å². The molecule has 34 heavy (non-hydrogen) atoms. The summed E-state index contributed by atoms with van der Waals surface area (Å²) < 4.78 is 9.89. The number of aliphatic hydroxyl groups excluding tert-OH is 1. The third-order valence-corrected chi connectivity index (χ3v) is 5.14. The molecule has 9 nitrogen and oxygen atoms in total. The summed E-state index contributed by atoms with van der Waals surface area (Å²) in [6.07, 6.45) is 0.0457. The molecule has 0 radical (unpaired) electrons. The second-order valence-electron chi connectivity index (χ2n) is 7.64. The van der Waals surface area contributed by atoms with Crippen LogP contribution in [0.3, 0.4) is 0 Å². The fourth-order valence-electron chi connectivity index (χ4n) is 3.13. The molecule has 0 aliphatic carbocycles. The number of aliphatic hydroxyl groups is 1. The zero-order valence-corrected chi connectivity index (χ0v) is 19.4. The molecule has 0 spiro atoms. The number of ether oxygens (including phenoxy) is 1. The van der Waals surface area contributed by atoms with Crippen LogP contribution in [0.15, 0.2) is 63.9 Å². The van der Waals surface area contributed by atoms with Crippen LogP contribution in [-0.2, 0) is 16.1 Å². The van der Waals surface area contributed by atoms with E-state index < -0.39 is 23.5 Å². The van der Waals surface area contributed by atoms with Crippen LogP contribution in [-0.4, -0.2) is 46.4 Å². The Morgan fingerprint density at radius 1 is 1.18 bits per heavy atom. The summed E-state index contributed by atoms with van der Waals surface area (Å²) in [5.74, 6) is -1.72. The second-order valence-corrected chi connectivity index (χ2v) is 8.08. The van der Waals surface area contributed by atoms with Crippen molar-refractivity contribution in [1.29, 1.82) is 0 Å². The van der Waals surface area contributed by atoms with Gasteiger partial charge in [-0.2, -0.15) is 5.16 Å². The minimum atomic E-state index is -1.49. The van der Waals surface area contributed by atoms with Gasteiger partial charge in [0.2, 0.25) is 5.76 Å². The molecule has 0 aliphatic heterocycles. The van der Waals surface area contributed by atoms with Gasteiger partial charge in [-0.05, 0) is 35.2 Å². The van der Waals surface area contributed by atoms with E-state index in [1.165, 1.54) is 5.01 Å². The molecule has 1 aromatic heterocycles. The lowest BCUT2D eigenvalue weighted by Gasteiger charge is -2.24. The second kappa shape index (κ2) is 12.2. The lowest BCUT2D eigenvalue weighted by molar-refractivity contribution is -0.155. The predicted octanol–water partition coefficient (Wildman–Crippen LogP) is 3.14. The van der Waals surface area contributed by atoms with E-state index in [4.69, 9.17) is 20.9 Å². The van der Waals surface area contributed by atoms with E-state index in [2.05, 4.69) is 5.43 Å². The van der Waals surface area contributed by atoms with Gasteiger partial charge in [-0.25, -0.2) is 9.80 Å². The topological polar surface area (TPSA) is 125 Å². The molecule has 3 rings (SSSR count). The number of aromatic nitrogens is 1. The summed E-state index contributed by atoms with van der Waals surface area (Å²) in [6.45, 7) is 2.09. The maximum Gasteiger partial charge on any atom is 0.336 e. The fraction of sp³-hybridized carbons (Fsp3) is 0.292. The Morgan fingerprint density at radius 2 is 1.94 bits per heavy atom. The molecule has 180 valence electrons. The van der Waals surface area contributed by atoms with Crippen molar-refractivity contribution in [3.8, 4) is 11.1 Å². The molecule has 0 saturated carbocycles. The Hall–Kier alpha value is -3.40. The molecular weight excluding hydrogens is 462 g/mol. The number of carbonyl (C=O) groups is 2. The first-order chi connectivity index (χ1) is 16.4. The first-order valence-electron chi connectivity index (χ1n) is 10.8. The van der Waals surface area contributed by atoms with Crippen LogP contribution in [0, 0.1) is 0 Å². The number of hydrazine groups is 1. The number of rotatable bonds is 11. The van der Waals surface area contributed by atoms with Gasteiger partial charge >= 0.3 is 11.9 Å². The van der Waals surface area contributed by atoms with Gasteiger partial charge in [-0.3, -0.25) is 15.0 Å². The number of benzene rings is 2. The van der Waals surface area contributed by atoms with Crippen molar-refractivity contribution in [2.45, 2.75) is 32.4 Å². The van der Waals surface area contributed by atoms with E-state index in [-0.39, 0.29) is 25.5 Å². The number of H-pyrrole nitrogens is 1. The summed E-state index contributed by atoms with van der Waals surface area (Å²) in [4.78, 5) is 35.9. The lowest BCUT2D eigenvalue weighted by Crippen LogP contribution is -2.47. The van der Waals surface area contributed by atoms with Gasteiger partial charge in [0.05, 0.1) is 19.2 Å². The van der Waals surface area contributed by atoms with E-state index in [9.17, 15) is 19.5 Å². The summed E-state index contributed by atoms with van der Waals surface area (Å²) in [7, 11) is 0. The van der Waals surface area contributed by atoms with Crippen LogP contribution >= 0.6 is 11.6 Å². The normalized spacial score (nSPS) is 11.9. The number of esters is 1. The van der Waals surface area contributed by atoms with Gasteiger partial charge in [-0.1, -0.05) is 61.3 Å². The molecule has 0 saturated heterocycles. The average Bonchev–Trinajstić information content (AvgIpc) is 3.26. The van der Waals surface area contributed by atoms with Crippen LogP contribution in [0.2, 0.25) is 5.02 Å². The third-order valence-electron chi connectivity index (χ3n) is 4.90. The highest BCUT2D eigenvalue weighted by molar-refractivity contribution is 6.30. The molecule has 2 aromatic carbocycles. The number of halogens is 1. The highest BCUT2D eigenvalue weighted by Gasteiger charge is 2.23. The molecule has 1 heterocycles. The molecule has 3 aromatic rings. The number of nitrogens with zero attached hydrogens (tertiary/aromatic N) is 1. The Balaban J connectivity index is 1.72. The van der Waals surface area contributed by atoms with E-state index in [0.29, 0.717) is 11.4 Å². The number of hydrogen-bond acceptors (Lipinski definition) is 7. The molecule has 0 bridgehead atoms. The van der Waals surface area contributed by atoms with E-state index in [0.717, 1.165) is 29.2 Å². The average molecular weight is 488 g/mol. The van der Waals surface area contributed by atoms with Gasteiger partial charge < -0.3 is 14.4 Å². The van der Waals surface area contributed by atoms with Crippen LogP contribution in [0.25, 0.3) is 11.1 Å². The zero-order chi connectivity index (χ0) is 24.5. The van der Waals surface area contributed by atoms with Crippen LogP contribution in [0.4, 0.5) is 0 Å². The van der Waals surface area contributed by atoms with Crippen molar-refractivity contribution >= 4 is 23.5 Å². The number of carbonyl (C=O) groups excluding carboxylic acids is 2. The Bertz CT molecular complexity index is 1160. The molecule has 1 unspecified atom stereocenters. The molecule has 1 amide bonds. The van der Waals surface area contributed by atoms with Gasteiger partial charge in [-0.15, -0.1) is 0 Å². The Kier molecular flexibility index (Phi) is 9.03. The van der Waals surface area contributed by atoms with Gasteiger partial charge in [0, 0.05) is 11.6 Å². The van der Waals surface area contributed by atoms with Crippen LogP contribution < -0.4 is 11.0 Å². The minimum Gasteiger partial charge on any atom is -0.464 e. The SMILES string of the molecule is CCCCOC(=O)C(O)CN(Cc1ccc(-c2cccc(Cl)c2)cc1)NC(=O)c1cc(=O)[nH]o1. The standard InChI is InChI=1S/C24H26ClN3O6/c1-2-3-11-33-24(32)20(29)15-28(26-23(31)21-13-22(30)27-34-21)14-16-7-9-17(10-8-16)18-5-4-6-19(25)12-18/h4-10,12-13,20,29H,2-3,11,14-15H2,1H3,(H,26,31)(H,27,30). The highest BCUT2D eigenvalue weighted by atomic mass is 35.5. The largest absolute Gasteiger partial charge is 0.464 e. The van der Waals surface area contributed by atoms with Crippen LogP contribution in [0.1, 0.15) is 35.9 Å². The maximum atomic E-state index is 12.5.